The van der Waals surface area contributed by atoms with Crippen LogP contribution in [0.1, 0.15) is 62.6 Å². The monoisotopic (exact) mass is 261 g/mol. The molecular formula is C17H27NO. The number of hydrogen-bond donors (Lipinski definition) is 1. The SMILES string of the molecule is CCCCCCCCOC1Cc2ccccc2C1N. The van der Waals surface area contributed by atoms with E-state index in [1.807, 2.05) is 0 Å². The Labute approximate surface area is 117 Å². The fourth-order valence-corrected chi connectivity index (χ4v) is 2.87. The lowest BCUT2D eigenvalue weighted by molar-refractivity contribution is 0.0411. The zero-order valence-electron chi connectivity index (χ0n) is 12.1. The number of ether oxygens (including phenoxy) is 1. The number of hydrogen-bond acceptors (Lipinski definition) is 2. The van der Waals surface area contributed by atoms with Crippen molar-refractivity contribution >= 4 is 0 Å². The van der Waals surface area contributed by atoms with Crippen LogP contribution in [-0.4, -0.2) is 12.7 Å². The van der Waals surface area contributed by atoms with E-state index in [-0.39, 0.29) is 12.1 Å². The molecule has 2 atom stereocenters. The van der Waals surface area contributed by atoms with E-state index in [0.717, 1.165) is 13.0 Å². The number of fused-ring (bicyclic) bond motifs is 1. The van der Waals surface area contributed by atoms with Crippen molar-refractivity contribution in [2.45, 2.75) is 64.0 Å². The van der Waals surface area contributed by atoms with Crippen molar-refractivity contribution in [3.63, 3.8) is 0 Å². The van der Waals surface area contributed by atoms with Crippen molar-refractivity contribution in [1.82, 2.24) is 0 Å². The van der Waals surface area contributed by atoms with E-state index in [1.165, 1.54) is 49.7 Å². The van der Waals surface area contributed by atoms with E-state index in [2.05, 4.69) is 31.2 Å². The Bertz CT molecular complexity index is 377. The summed E-state index contributed by atoms with van der Waals surface area (Å²) in [6, 6.07) is 8.52. The summed E-state index contributed by atoms with van der Waals surface area (Å²) in [5.41, 5.74) is 8.88. The van der Waals surface area contributed by atoms with Crippen molar-refractivity contribution in [3.8, 4) is 0 Å². The van der Waals surface area contributed by atoms with E-state index >= 15 is 0 Å². The average molecular weight is 261 g/mol. The van der Waals surface area contributed by atoms with E-state index in [4.69, 9.17) is 10.5 Å². The van der Waals surface area contributed by atoms with E-state index in [1.54, 1.807) is 0 Å². The first-order valence-corrected chi connectivity index (χ1v) is 7.78. The van der Waals surface area contributed by atoms with Gasteiger partial charge in [0, 0.05) is 13.0 Å². The Hall–Kier alpha value is -0.860. The Morgan fingerprint density at radius 1 is 1.11 bits per heavy atom. The van der Waals surface area contributed by atoms with Crippen molar-refractivity contribution in [1.29, 1.82) is 0 Å². The van der Waals surface area contributed by atoms with Crippen molar-refractivity contribution in [2.75, 3.05) is 6.61 Å². The normalized spacial score (nSPS) is 21.6. The van der Waals surface area contributed by atoms with Crippen molar-refractivity contribution in [3.05, 3.63) is 35.4 Å². The van der Waals surface area contributed by atoms with Crippen LogP contribution >= 0.6 is 0 Å². The van der Waals surface area contributed by atoms with Gasteiger partial charge in [-0.2, -0.15) is 0 Å². The molecule has 1 aliphatic rings. The van der Waals surface area contributed by atoms with Crippen LogP contribution in [0.3, 0.4) is 0 Å². The molecular weight excluding hydrogens is 234 g/mol. The molecule has 1 aromatic carbocycles. The van der Waals surface area contributed by atoms with Gasteiger partial charge in [0.1, 0.15) is 0 Å². The van der Waals surface area contributed by atoms with Gasteiger partial charge in [0.05, 0.1) is 12.1 Å². The Balaban J connectivity index is 1.63. The second-order valence-corrected chi connectivity index (χ2v) is 5.61. The minimum atomic E-state index is 0.0660. The summed E-state index contributed by atoms with van der Waals surface area (Å²) in [7, 11) is 0. The molecule has 0 aromatic heterocycles. The highest BCUT2D eigenvalue weighted by atomic mass is 16.5. The third kappa shape index (κ3) is 4.05. The molecule has 2 N–H and O–H groups in total. The molecule has 0 saturated carbocycles. The standard InChI is InChI=1S/C17H27NO/c1-2-3-4-5-6-9-12-19-16-13-14-10-7-8-11-15(14)17(16)18/h7-8,10-11,16-17H,2-6,9,12-13,18H2,1H3. The van der Waals surface area contributed by atoms with Gasteiger partial charge < -0.3 is 10.5 Å². The minimum absolute atomic E-state index is 0.0660. The molecule has 0 spiro atoms. The number of unbranched alkanes of at least 4 members (excludes halogenated alkanes) is 5. The second-order valence-electron chi connectivity index (χ2n) is 5.61. The summed E-state index contributed by atoms with van der Waals surface area (Å²) in [6.45, 7) is 3.11. The number of rotatable bonds is 8. The first kappa shape index (κ1) is 14.5. The Morgan fingerprint density at radius 2 is 1.84 bits per heavy atom. The topological polar surface area (TPSA) is 35.2 Å². The maximum atomic E-state index is 6.25. The molecule has 106 valence electrons. The van der Waals surface area contributed by atoms with Gasteiger partial charge in [0.15, 0.2) is 0 Å². The van der Waals surface area contributed by atoms with Gasteiger partial charge in [-0.05, 0) is 17.5 Å². The molecule has 0 fully saturated rings. The van der Waals surface area contributed by atoms with Crippen LogP contribution in [0.5, 0.6) is 0 Å². The third-order valence-corrected chi connectivity index (χ3v) is 4.07. The highest BCUT2D eigenvalue weighted by molar-refractivity contribution is 5.36. The lowest BCUT2D eigenvalue weighted by Gasteiger charge is -2.17. The van der Waals surface area contributed by atoms with Crippen LogP contribution in [0.4, 0.5) is 0 Å². The zero-order chi connectivity index (χ0) is 13.5. The molecule has 0 aliphatic heterocycles. The molecule has 1 aromatic rings. The van der Waals surface area contributed by atoms with E-state index in [9.17, 15) is 0 Å². The lowest BCUT2D eigenvalue weighted by Crippen LogP contribution is -2.25. The molecule has 0 saturated heterocycles. The molecule has 2 unspecified atom stereocenters. The molecule has 2 heteroatoms. The van der Waals surface area contributed by atoms with Crippen LogP contribution < -0.4 is 5.73 Å². The van der Waals surface area contributed by atoms with Gasteiger partial charge in [-0.1, -0.05) is 63.3 Å². The molecule has 0 bridgehead atoms. The minimum Gasteiger partial charge on any atom is -0.376 e. The molecule has 0 heterocycles. The quantitative estimate of drug-likeness (QED) is 0.718. The van der Waals surface area contributed by atoms with Crippen LogP contribution in [0.2, 0.25) is 0 Å². The molecule has 0 radical (unpaired) electrons. The Morgan fingerprint density at radius 3 is 2.63 bits per heavy atom. The van der Waals surface area contributed by atoms with Crippen LogP contribution in [0.25, 0.3) is 0 Å². The van der Waals surface area contributed by atoms with Crippen molar-refractivity contribution < 1.29 is 4.74 Å². The lowest BCUT2D eigenvalue weighted by atomic mass is 10.1. The number of benzene rings is 1. The van der Waals surface area contributed by atoms with E-state index < -0.39 is 0 Å². The molecule has 1 aliphatic carbocycles. The smallest absolute Gasteiger partial charge is 0.0808 e. The maximum Gasteiger partial charge on any atom is 0.0808 e. The molecule has 2 nitrogen and oxygen atoms in total. The average Bonchev–Trinajstić information content (AvgIpc) is 2.75. The fraction of sp³-hybridized carbons (Fsp3) is 0.647. The van der Waals surface area contributed by atoms with Gasteiger partial charge in [-0.15, -0.1) is 0 Å². The third-order valence-electron chi connectivity index (χ3n) is 4.07. The van der Waals surface area contributed by atoms with E-state index in [0.29, 0.717) is 0 Å². The summed E-state index contributed by atoms with van der Waals surface area (Å²) < 4.78 is 5.98. The predicted molar refractivity (Wildman–Crippen MR) is 80.2 cm³/mol. The Kier molecular flexibility index (Phi) is 5.87. The van der Waals surface area contributed by atoms with Crippen LogP contribution in [-0.2, 0) is 11.2 Å². The molecule has 0 amide bonds. The van der Waals surface area contributed by atoms with Gasteiger partial charge in [-0.3, -0.25) is 0 Å². The van der Waals surface area contributed by atoms with Crippen LogP contribution in [0.15, 0.2) is 24.3 Å². The van der Waals surface area contributed by atoms with Gasteiger partial charge in [-0.25, -0.2) is 0 Å². The summed E-state index contributed by atoms with van der Waals surface area (Å²) in [5.74, 6) is 0. The van der Waals surface area contributed by atoms with Crippen molar-refractivity contribution in [2.24, 2.45) is 5.73 Å². The first-order chi connectivity index (χ1) is 9.33. The largest absolute Gasteiger partial charge is 0.376 e. The summed E-state index contributed by atoms with van der Waals surface area (Å²) in [6.07, 6.45) is 9.01. The summed E-state index contributed by atoms with van der Waals surface area (Å²) >= 11 is 0. The molecule has 2 rings (SSSR count). The van der Waals surface area contributed by atoms with Crippen LogP contribution in [0, 0.1) is 0 Å². The predicted octanol–water partition coefficient (Wildman–Crippen LogP) is 3.99. The summed E-state index contributed by atoms with van der Waals surface area (Å²) in [5, 5.41) is 0. The maximum absolute atomic E-state index is 6.25. The first-order valence-electron chi connectivity index (χ1n) is 7.78. The van der Waals surface area contributed by atoms with Gasteiger partial charge in [0.2, 0.25) is 0 Å². The highest BCUT2D eigenvalue weighted by Gasteiger charge is 2.29. The summed E-state index contributed by atoms with van der Waals surface area (Å²) in [4.78, 5) is 0. The van der Waals surface area contributed by atoms with Gasteiger partial charge >= 0.3 is 0 Å². The second kappa shape index (κ2) is 7.66. The fourth-order valence-electron chi connectivity index (χ4n) is 2.87. The molecule has 19 heavy (non-hydrogen) atoms. The zero-order valence-corrected chi connectivity index (χ0v) is 12.1. The highest BCUT2D eigenvalue weighted by Crippen LogP contribution is 2.31. The number of nitrogens with two attached hydrogens (primary N) is 1. The van der Waals surface area contributed by atoms with Gasteiger partial charge in [0.25, 0.3) is 0 Å².